The molecule has 0 radical (unpaired) electrons. The second-order valence-electron chi connectivity index (χ2n) is 5.79. The van der Waals surface area contributed by atoms with Crippen LogP contribution in [0.15, 0.2) is 36.7 Å². The number of aliphatic hydroxyl groups is 1. The van der Waals surface area contributed by atoms with Crippen molar-refractivity contribution in [1.29, 1.82) is 0 Å². The van der Waals surface area contributed by atoms with E-state index in [1.165, 1.54) is 0 Å². The van der Waals surface area contributed by atoms with Gasteiger partial charge in [-0.2, -0.15) is 0 Å². The van der Waals surface area contributed by atoms with Gasteiger partial charge in [0.1, 0.15) is 0 Å². The lowest BCUT2D eigenvalue weighted by atomic mass is 10.0. The smallest absolute Gasteiger partial charge is 0.256 e. The highest BCUT2D eigenvalue weighted by atomic mass is 16.3. The Balaban J connectivity index is 1.93. The minimum atomic E-state index is -0.381. The van der Waals surface area contributed by atoms with Crippen molar-refractivity contribution in [2.45, 2.75) is 38.3 Å². The zero-order valence-electron chi connectivity index (χ0n) is 12.2. The summed E-state index contributed by atoms with van der Waals surface area (Å²) in [5, 5.41) is 11.5. The molecule has 4 nitrogen and oxygen atoms in total. The number of benzene rings is 1. The fourth-order valence-electron chi connectivity index (χ4n) is 3.18. The van der Waals surface area contributed by atoms with E-state index in [4.69, 9.17) is 0 Å². The monoisotopic (exact) mass is 284 g/mol. The van der Waals surface area contributed by atoms with Crippen molar-refractivity contribution in [3.63, 3.8) is 0 Å². The van der Waals surface area contributed by atoms with Crippen LogP contribution < -0.4 is 0 Å². The maximum Gasteiger partial charge on any atom is 0.256 e. The molecule has 4 heteroatoms. The third-order valence-electron chi connectivity index (χ3n) is 4.15. The molecule has 1 aromatic heterocycles. The van der Waals surface area contributed by atoms with Crippen LogP contribution in [0.5, 0.6) is 0 Å². The van der Waals surface area contributed by atoms with Crippen LogP contribution in [0.1, 0.15) is 36.5 Å². The van der Waals surface area contributed by atoms with E-state index in [0.29, 0.717) is 12.0 Å². The molecule has 1 N–H and O–H groups in total. The van der Waals surface area contributed by atoms with Crippen LogP contribution in [0.4, 0.5) is 0 Å². The third-order valence-corrected chi connectivity index (χ3v) is 4.15. The van der Waals surface area contributed by atoms with Crippen molar-refractivity contribution in [1.82, 2.24) is 9.88 Å². The third kappa shape index (κ3) is 2.76. The van der Waals surface area contributed by atoms with Gasteiger partial charge in [0.2, 0.25) is 0 Å². The van der Waals surface area contributed by atoms with Gasteiger partial charge >= 0.3 is 0 Å². The lowest BCUT2D eigenvalue weighted by molar-refractivity contribution is 0.0683. The maximum atomic E-state index is 12.9. The van der Waals surface area contributed by atoms with Gasteiger partial charge in [0, 0.05) is 30.4 Å². The number of hydrogen-bond donors (Lipinski definition) is 1. The van der Waals surface area contributed by atoms with Crippen LogP contribution >= 0.6 is 0 Å². The molecule has 110 valence electrons. The molecule has 1 aliphatic heterocycles. The number of aromatic nitrogens is 1. The quantitative estimate of drug-likeness (QED) is 0.942. The highest BCUT2D eigenvalue weighted by molar-refractivity contribution is 6.06. The number of carbonyl (C=O) groups is 1. The number of rotatable bonds is 3. The molecule has 2 aromatic rings. The highest BCUT2D eigenvalue weighted by Crippen LogP contribution is 2.26. The molecular formula is C17H20N2O2. The summed E-state index contributed by atoms with van der Waals surface area (Å²) in [5.41, 5.74) is 0.658. The predicted octanol–water partition coefficient (Wildman–Crippen LogP) is 2.61. The Bertz CT molecular complexity index is 649. The molecule has 2 unspecified atom stereocenters. The largest absolute Gasteiger partial charge is 0.393 e. The van der Waals surface area contributed by atoms with Crippen molar-refractivity contribution in [2.24, 2.45) is 0 Å². The Morgan fingerprint density at radius 3 is 3.05 bits per heavy atom. The van der Waals surface area contributed by atoms with E-state index in [-0.39, 0.29) is 18.1 Å². The zero-order chi connectivity index (χ0) is 14.8. The van der Waals surface area contributed by atoms with E-state index in [1.807, 2.05) is 29.2 Å². The summed E-state index contributed by atoms with van der Waals surface area (Å²) in [4.78, 5) is 19.0. The minimum Gasteiger partial charge on any atom is -0.393 e. The first kappa shape index (κ1) is 14.0. The van der Waals surface area contributed by atoms with E-state index in [1.54, 1.807) is 19.3 Å². The summed E-state index contributed by atoms with van der Waals surface area (Å²) in [6, 6.07) is 7.96. The summed E-state index contributed by atoms with van der Waals surface area (Å²) in [6.45, 7) is 2.54. The van der Waals surface area contributed by atoms with Gasteiger partial charge in [-0.25, -0.2) is 0 Å². The van der Waals surface area contributed by atoms with E-state index in [2.05, 4.69) is 4.98 Å². The maximum absolute atomic E-state index is 12.9. The topological polar surface area (TPSA) is 53.4 Å². The number of nitrogens with zero attached hydrogens (tertiary/aromatic N) is 2. The number of likely N-dealkylation sites (tertiary alicyclic amines) is 1. The van der Waals surface area contributed by atoms with Gasteiger partial charge in [-0.05, 0) is 31.6 Å². The average molecular weight is 284 g/mol. The molecule has 21 heavy (non-hydrogen) atoms. The van der Waals surface area contributed by atoms with E-state index < -0.39 is 0 Å². The highest BCUT2D eigenvalue weighted by Gasteiger charge is 2.30. The minimum absolute atomic E-state index is 0.0300. The van der Waals surface area contributed by atoms with Crippen molar-refractivity contribution in [2.75, 3.05) is 6.54 Å². The summed E-state index contributed by atoms with van der Waals surface area (Å²) >= 11 is 0. The lowest BCUT2D eigenvalue weighted by Gasteiger charge is -2.26. The van der Waals surface area contributed by atoms with Crippen LogP contribution in [-0.2, 0) is 0 Å². The molecule has 0 saturated carbocycles. The predicted molar refractivity (Wildman–Crippen MR) is 82.1 cm³/mol. The number of hydrogen-bond acceptors (Lipinski definition) is 3. The van der Waals surface area contributed by atoms with Crippen LogP contribution in [-0.4, -0.2) is 39.6 Å². The van der Waals surface area contributed by atoms with E-state index in [9.17, 15) is 9.90 Å². The van der Waals surface area contributed by atoms with Crippen LogP contribution in [0.25, 0.3) is 10.8 Å². The van der Waals surface area contributed by atoms with Crippen molar-refractivity contribution >= 4 is 16.7 Å². The van der Waals surface area contributed by atoms with Gasteiger partial charge in [-0.1, -0.05) is 24.3 Å². The molecular weight excluding hydrogens is 264 g/mol. The Labute approximate surface area is 124 Å². The molecule has 1 aliphatic rings. The standard InChI is InChI=1S/C17H20N2O2/c1-12(20)9-14-6-4-8-19(14)17(21)16-11-18-10-13-5-2-3-7-15(13)16/h2-3,5,7,10-12,14,20H,4,6,8-9H2,1H3. The Morgan fingerprint density at radius 2 is 2.24 bits per heavy atom. The zero-order valence-corrected chi connectivity index (χ0v) is 12.2. The number of carbonyl (C=O) groups excluding carboxylic acids is 1. The number of fused-ring (bicyclic) bond motifs is 1. The molecule has 2 atom stereocenters. The molecule has 1 fully saturated rings. The first-order valence-corrected chi connectivity index (χ1v) is 7.48. The molecule has 1 amide bonds. The first-order chi connectivity index (χ1) is 10.2. The van der Waals surface area contributed by atoms with Crippen LogP contribution in [0.3, 0.4) is 0 Å². The lowest BCUT2D eigenvalue weighted by Crippen LogP contribution is -2.37. The van der Waals surface area contributed by atoms with Gasteiger partial charge < -0.3 is 10.0 Å². The SMILES string of the molecule is CC(O)CC1CCCN1C(=O)c1cncc2ccccc12. The molecule has 1 saturated heterocycles. The summed E-state index contributed by atoms with van der Waals surface area (Å²) in [7, 11) is 0. The molecule has 1 aromatic carbocycles. The van der Waals surface area contributed by atoms with Gasteiger partial charge in [-0.15, -0.1) is 0 Å². The van der Waals surface area contributed by atoms with Gasteiger partial charge in [0.15, 0.2) is 0 Å². The van der Waals surface area contributed by atoms with Gasteiger partial charge in [0.05, 0.1) is 11.7 Å². The van der Waals surface area contributed by atoms with E-state index in [0.717, 1.165) is 30.2 Å². The number of pyridine rings is 1. The molecule has 0 spiro atoms. The fraction of sp³-hybridized carbons (Fsp3) is 0.412. The molecule has 0 bridgehead atoms. The van der Waals surface area contributed by atoms with Crippen molar-refractivity contribution in [3.8, 4) is 0 Å². The Kier molecular flexibility index (Phi) is 3.88. The fourth-order valence-corrected chi connectivity index (χ4v) is 3.18. The second kappa shape index (κ2) is 5.82. The second-order valence-corrected chi connectivity index (χ2v) is 5.79. The summed E-state index contributed by atoms with van der Waals surface area (Å²) in [6.07, 6.45) is 5.67. The summed E-state index contributed by atoms with van der Waals surface area (Å²) in [5.74, 6) is 0.0300. The average Bonchev–Trinajstić information content (AvgIpc) is 2.93. The number of amides is 1. The normalized spacial score (nSPS) is 19.9. The molecule has 2 heterocycles. The van der Waals surface area contributed by atoms with Crippen LogP contribution in [0.2, 0.25) is 0 Å². The van der Waals surface area contributed by atoms with E-state index >= 15 is 0 Å². The van der Waals surface area contributed by atoms with Crippen molar-refractivity contribution < 1.29 is 9.90 Å². The summed E-state index contributed by atoms with van der Waals surface area (Å²) < 4.78 is 0. The van der Waals surface area contributed by atoms with Gasteiger partial charge in [0.25, 0.3) is 5.91 Å². The van der Waals surface area contributed by atoms with Gasteiger partial charge in [-0.3, -0.25) is 9.78 Å². The Morgan fingerprint density at radius 1 is 1.43 bits per heavy atom. The number of aliphatic hydroxyl groups excluding tert-OH is 1. The molecule has 0 aliphatic carbocycles. The van der Waals surface area contributed by atoms with Crippen LogP contribution in [0, 0.1) is 0 Å². The van der Waals surface area contributed by atoms with Crippen molar-refractivity contribution in [3.05, 3.63) is 42.2 Å². The molecule has 3 rings (SSSR count). The first-order valence-electron chi connectivity index (χ1n) is 7.48. The Hall–Kier alpha value is -1.94.